The van der Waals surface area contributed by atoms with E-state index in [0.29, 0.717) is 6.42 Å². The number of carboxylic acids is 2. The van der Waals surface area contributed by atoms with Gasteiger partial charge in [-0.25, -0.2) is 0 Å². The maximum Gasteiger partial charge on any atom is 0.318 e. The lowest BCUT2D eigenvalue weighted by Crippen LogP contribution is -2.29. The minimum atomic E-state index is -1.26. The summed E-state index contributed by atoms with van der Waals surface area (Å²) in [4.78, 5) is 21.8. The first kappa shape index (κ1) is 19.9. The molecule has 21 heavy (non-hydrogen) atoms. The van der Waals surface area contributed by atoms with E-state index in [1.165, 1.54) is 51.4 Å². The van der Waals surface area contributed by atoms with E-state index in [1.54, 1.807) is 6.92 Å². The van der Waals surface area contributed by atoms with Crippen LogP contribution in [0.3, 0.4) is 0 Å². The van der Waals surface area contributed by atoms with Gasteiger partial charge in [-0.2, -0.15) is 0 Å². The van der Waals surface area contributed by atoms with Crippen molar-refractivity contribution in [2.45, 2.75) is 84.5 Å². The minimum Gasteiger partial charge on any atom is -0.481 e. The normalized spacial score (nSPS) is 12.5. The Hall–Kier alpha value is -1.06. The molecule has 1 atom stereocenters. The number of unbranched alkanes of at least 4 members (excludes halogenated alkanes) is 9. The van der Waals surface area contributed by atoms with E-state index in [4.69, 9.17) is 10.2 Å². The summed E-state index contributed by atoms with van der Waals surface area (Å²) >= 11 is 0. The summed E-state index contributed by atoms with van der Waals surface area (Å²) in [5.74, 6) is -4.00. The van der Waals surface area contributed by atoms with E-state index in [-0.39, 0.29) is 5.92 Å². The Bertz CT molecular complexity index is 275. The number of aliphatic carboxylic acids is 2. The Labute approximate surface area is 128 Å². The number of carboxylic acid groups (broad SMARTS) is 2. The van der Waals surface area contributed by atoms with Gasteiger partial charge in [-0.1, -0.05) is 78.1 Å². The van der Waals surface area contributed by atoms with Crippen LogP contribution in [-0.2, 0) is 9.59 Å². The lowest BCUT2D eigenvalue weighted by Gasteiger charge is -2.15. The molecule has 0 rings (SSSR count). The second-order valence-electron chi connectivity index (χ2n) is 6.10. The lowest BCUT2D eigenvalue weighted by atomic mass is 9.89. The first-order valence-electron chi connectivity index (χ1n) is 8.46. The maximum atomic E-state index is 10.9. The standard InChI is InChI=1S/C17H32O4/c1-3-4-5-6-7-8-9-10-11-12-13-14(2)15(16(18)19)17(20)21/h14-15H,3-13H2,1-2H3,(H,18,19)(H,20,21). The molecule has 0 bridgehead atoms. The van der Waals surface area contributed by atoms with Crippen LogP contribution in [0.15, 0.2) is 0 Å². The van der Waals surface area contributed by atoms with Crippen molar-refractivity contribution < 1.29 is 19.8 Å². The number of rotatable bonds is 14. The van der Waals surface area contributed by atoms with Gasteiger partial charge in [0.1, 0.15) is 0 Å². The van der Waals surface area contributed by atoms with E-state index >= 15 is 0 Å². The Kier molecular flexibility index (Phi) is 12.0. The Morgan fingerprint density at radius 2 is 1.14 bits per heavy atom. The Morgan fingerprint density at radius 1 is 0.762 bits per heavy atom. The van der Waals surface area contributed by atoms with Crippen molar-refractivity contribution in [2.24, 2.45) is 11.8 Å². The highest BCUT2D eigenvalue weighted by molar-refractivity contribution is 5.93. The number of carbonyl (C=O) groups is 2. The van der Waals surface area contributed by atoms with Crippen molar-refractivity contribution in [3.8, 4) is 0 Å². The van der Waals surface area contributed by atoms with Gasteiger partial charge in [0.2, 0.25) is 0 Å². The van der Waals surface area contributed by atoms with E-state index in [9.17, 15) is 9.59 Å². The third-order valence-electron chi connectivity index (χ3n) is 4.11. The zero-order chi connectivity index (χ0) is 16.1. The van der Waals surface area contributed by atoms with Gasteiger partial charge in [0.25, 0.3) is 0 Å². The van der Waals surface area contributed by atoms with E-state index in [1.807, 2.05) is 0 Å². The second-order valence-corrected chi connectivity index (χ2v) is 6.10. The van der Waals surface area contributed by atoms with Crippen molar-refractivity contribution in [2.75, 3.05) is 0 Å². The maximum absolute atomic E-state index is 10.9. The molecule has 124 valence electrons. The van der Waals surface area contributed by atoms with Crippen LogP contribution in [0.1, 0.15) is 84.5 Å². The quantitative estimate of drug-likeness (QED) is 0.359. The average molecular weight is 300 g/mol. The minimum absolute atomic E-state index is 0.297. The molecule has 0 saturated carbocycles. The zero-order valence-electron chi connectivity index (χ0n) is 13.6. The zero-order valence-corrected chi connectivity index (χ0v) is 13.6. The predicted molar refractivity (Wildman–Crippen MR) is 84.4 cm³/mol. The summed E-state index contributed by atoms with van der Waals surface area (Å²) in [5, 5.41) is 17.8. The van der Waals surface area contributed by atoms with Gasteiger partial charge in [0, 0.05) is 0 Å². The van der Waals surface area contributed by atoms with Crippen LogP contribution < -0.4 is 0 Å². The molecule has 0 aromatic heterocycles. The smallest absolute Gasteiger partial charge is 0.318 e. The molecule has 2 N–H and O–H groups in total. The van der Waals surface area contributed by atoms with Crippen molar-refractivity contribution in [1.82, 2.24) is 0 Å². The first-order chi connectivity index (χ1) is 10.0. The largest absolute Gasteiger partial charge is 0.481 e. The highest BCUT2D eigenvalue weighted by Gasteiger charge is 2.31. The number of hydrogen-bond donors (Lipinski definition) is 2. The molecule has 0 aromatic rings. The summed E-state index contributed by atoms with van der Waals surface area (Å²) in [6.07, 6.45) is 13.0. The number of hydrogen-bond acceptors (Lipinski definition) is 2. The molecule has 0 aliphatic rings. The molecule has 4 heteroatoms. The fourth-order valence-corrected chi connectivity index (χ4v) is 2.71. The second kappa shape index (κ2) is 12.7. The molecule has 1 unspecified atom stereocenters. The van der Waals surface area contributed by atoms with Crippen LogP contribution in [0, 0.1) is 11.8 Å². The lowest BCUT2D eigenvalue weighted by molar-refractivity contribution is -0.157. The van der Waals surface area contributed by atoms with Crippen molar-refractivity contribution in [3.05, 3.63) is 0 Å². The molecule has 0 fully saturated rings. The summed E-state index contributed by atoms with van der Waals surface area (Å²) < 4.78 is 0. The first-order valence-corrected chi connectivity index (χ1v) is 8.46. The Balaban J connectivity index is 3.53. The van der Waals surface area contributed by atoms with E-state index in [2.05, 4.69) is 6.92 Å². The van der Waals surface area contributed by atoms with Crippen molar-refractivity contribution >= 4 is 11.9 Å². The van der Waals surface area contributed by atoms with E-state index in [0.717, 1.165) is 12.8 Å². The van der Waals surface area contributed by atoms with Crippen molar-refractivity contribution in [3.63, 3.8) is 0 Å². The molecule has 0 heterocycles. The third kappa shape index (κ3) is 10.3. The van der Waals surface area contributed by atoms with Gasteiger partial charge in [0.05, 0.1) is 0 Å². The molecule has 0 aliphatic heterocycles. The molecule has 4 nitrogen and oxygen atoms in total. The van der Waals surface area contributed by atoms with Crippen LogP contribution in [0.25, 0.3) is 0 Å². The summed E-state index contributed by atoms with van der Waals surface area (Å²) in [5.41, 5.74) is 0. The third-order valence-corrected chi connectivity index (χ3v) is 4.11. The molecule has 0 aliphatic carbocycles. The molecule has 0 radical (unpaired) electrons. The van der Waals surface area contributed by atoms with Crippen LogP contribution in [0.4, 0.5) is 0 Å². The van der Waals surface area contributed by atoms with Gasteiger partial charge >= 0.3 is 11.9 Å². The molecule has 0 spiro atoms. The van der Waals surface area contributed by atoms with Gasteiger partial charge in [-0.3, -0.25) is 9.59 Å². The summed E-state index contributed by atoms with van der Waals surface area (Å²) in [6.45, 7) is 3.95. The summed E-state index contributed by atoms with van der Waals surface area (Å²) in [7, 11) is 0. The fourth-order valence-electron chi connectivity index (χ4n) is 2.71. The van der Waals surface area contributed by atoms with Crippen LogP contribution in [0.5, 0.6) is 0 Å². The Morgan fingerprint density at radius 3 is 1.52 bits per heavy atom. The van der Waals surface area contributed by atoms with Gasteiger partial charge in [-0.05, 0) is 12.3 Å². The highest BCUT2D eigenvalue weighted by Crippen LogP contribution is 2.20. The van der Waals surface area contributed by atoms with Crippen LogP contribution >= 0.6 is 0 Å². The van der Waals surface area contributed by atoms with Gasteiger partial charge < -0.3 is 10.2 Å². The fraction of sp³-hybridized carbons (Fsp3) is 0.882. The molecule has 0 aromatic carbocycles. The molecular formula is C17H32O4. The van der Waals surface area contributed by atoms with Gasteiger partial charge in [0.15, 0.2) is 5.92 Å². The monoisotopic (exact) mass is 300 g/mol. The van der Waals surface area contributed by atoms with E-state index < -0.39 is 17.9 Å². The topological polar surface area (TPSA) is 74.6 Å². The van der Waals surface area contributed by atoms with Gasteiger partial charge in [-0.15, -0.1) is 0 Å². The van der Waals surface area contributed by atoms with Crippen LogP contribution in [0.2, 0.25) is 0 Å². The predicted octanol–water partition coefficient (Wildman–Crippen LogP) is 4.72. The van der Waals surface area contributed by atoms with Crippen LogP contribution in [-0.4, -0.2) is 22.2 Å². The van der Waals surface area contributed by atoms with Crippen molar-refractivity contribution in [1.29, 1.82) is 0 Å². The SMILES string of the molecule is CCCCCCCCCCCCC(C)C(C(=O)O)C(=O)O. The molecular weight excluding hydrogens is 268 g/mol. The molecule has 0 saturated heterocycles. The summed E-state index contributed by atoms with van der Waals surface area (Å²) in [6, 6.07) is 0. The average Bonchev–Trinajstić information content (AvgIpc) is 2.40. The molecule has 0 amide bonds. The highest BCUT2D eigenvalue weighted by atomic mass is 16.4.